The molecule has 214 valence electrons. The minimum Gasteiger partial charge on any atom is -0.480 e. The van der Waals surface area contributed by atoms with E-state index in [4.69, 9.17) is 37.8 Å². The van der Waals surface area contributed by atoms with E-state index in [1.165, 1.54) is 22.8 Å². The van der Waals surface area contributed by atoms with Crippen LogP contribution in [0.2, 0.25) is 10.0 Å². The number of carboxylic acids is 1. The number of rotatable bonds is 10. The smallest absolute Gasteiger partial charge is 0.351 e. The summed E-state index contributed by atoms with van der Waals surface area (Å²) in [5, 5.41) is 13.3. The van der Waals surface area contributed by atoms with Crippen molar-refractivity contribution in [2.75, 3.05) is 32.1 Å². The van der Waals surface area contributed by atoms with Crippen LogP contribution in [0, 0.1) is 6.92 Å². The highest BCUT2D eigenvalue weighted by Gasteiger charge is 2.29. The van der Waals surface area contributed by atoms with Crippen molar-refractivity contribution < 1.29 is 32.6 Å². The number of sulfonamides is 1. The summed E-state index contributed by atoms with van der Waals surface area (Å²) in [6, 6.07) is 12.5. The molecular weight excluding hydrogens is 599 g/mol. The Labute approximate surface area is 246 Å². The van der Waals surface area contributed by atoms with Crippen LogP contribution in [0.25, 0.3) is 10.4 Å². The van der Waals surface area contributed by atoms with Crippen molar-refractivity contribution in [2.45, 2.75) is 31.6 Å². The number of halogens is 2. The predicted octanol–water partition coefficient (Wildman–Crippen LogP) is 5.69. The maximum Gasteiger partial charge on any atom is 0.351 e. The second-order valence-corrected chi connectivity index (χ2v) is 13.2. The van der Waals surface area contributed by atoms with Crippen LogP contribution >= 0.6 is 34.5 Å². The fourth-order valence-electron chi connectivity index (χ4n) is 4.57. The van der Waals surface area contributed by atoms with Crippen molar-refractivity contribution in [1.82, 2.24) is 4.31 Å². The SMILES string of the molecule is COC(=O)c1sc(-c2cccc(NC3CCN(S(=O)(=O)Cc4cc(Cl)cc(Cl)c4)CC3)c2)c(C)c1OCC(=O)O. The number of methoxy groups -OCH3 is 1. The molecule has 1 aromatic heterocycles. The van der Waals surface area contributed by atoms with Crippen LogP contribution in [0.3, 0.4) is 0 Å². The number of carbonyl (C=O) groups is 2. The fourth-order valence-corrected chi connectivity index (χ4v) is 7.84. The van der Waals surface area contributed by atoms with Gasteiger partial charge in [-0.25, -0.2) is 22.3 Å². The number of thiophene rings is 1. The minimum atomic E-state index is -3.53. The van der Waals surface area contributed by atoms with Crippen molar-refractivity contribution in [3.63, 3.8) is 0 Å². The van der Waals surface area contributed by atoms with Gasteiger partial charge in [-0.15, -0.1) is 11.3 Å². The monoisotopic (exact) mass is 626 g/mol. The number of carboxylic acid groups (broad SMARTS) is 1. The zero-order valence-electron chi connectivity index (χ0n) is 21.8. The number of hydrogen-bond donors (Lipinski definition) is 2. The van der Waals surface area contributed by atoms with Gasteiger partial charge in [0, 0.05) is 45.3 Å². The number of aliphatic carboxylic acids is 1. The zero-order valence-corrected chi connectivity index (χ0v) is 24.9. The van der Waals surface area contributed by atoms with E-state index in [1.807, 2.05) is 24.3 Å². The summed E-state index contributed by atoms with van der Waals surface area (Å²) in [7, 11) is -2.28. The first kappa shape index (κ1) is 30.1. The Morgan fingerprint density at radius 1 is 1.12 bits per heavy atom. The predicted molar refractivity (Wildman–Crippen MR) is 156 cm³/mol. The summed E-state index contributed by atoms with van der Waals surface area (Å²) in [6.45, 7) is 1.95. The summed E-state index contributed by atoms with van der Waals surface area (Å²) >= 11 is 13.2. The molecular formula is C27H28Cl2N2O7S2. The summed E-state index contributed by atoms with van der Waals surface area (Å²) in [5.74, 6) is -1.73. The second kappa shape index (κ2) is 12.8. The summed E-state index contributed by atoms with van der Waals surface area (Å²) in [6.07, 6.45) is 1.24. The van der Waals surface area contributed by atoms with E-state index in [-0.39, 0.29) is 22.4 Å². The molecule has 0 bridgehead atoms. The van der Waals surface area contributed by atoms with Gasteiger partial charge in [0.15, 0.2) is 11.5 Å². The maximum absolute atomic E-state index is 13.0. The van der Waals surface area contributed by atoms with Crippen molar-refractivity contribution in [1.29, 1.82) is 0 Å². The number of nitrogens with zero attached hydrogens (tertiary/aromatic N) is 1. The molecule has 2 N–H and O–H groups in total. The summed E-state index contributed by atoms with van der Waals surface area (Å²) < 4.78 is 37.8. The lowest BCUT2D eigenvalue weighted by molar-refractivity contribution is -0.139. The topological polar surface area (TPSA) is 122 Å². The first-order valence-electron chi connectivity index (χ1n) is 12.3. The van der Waals surface area contributed by atoms with E-state index in [0.717, 1.165) is 16.1 Å². The number of nitrogens with one attached hydrogen (secondary N) is 1. The highest BCUT2D eigenvalue weighted by atomic mass is 35.5. The molecule has 13 heteroatoms. The Morgan fingerprint density at radius 3 is 2.42 bits per heavy atom. The van der Waals surface area contributed by atoms with Crippen molar-refractivity contribution in [2.24, 2.45) is 0 Å². The Bertz CT molecular complexity index is 1500. The molecule has 3 aromatic rings. The maximum atomic E-state index is 13.0. The van der Waals surface area contributed by atoms with Crippen molar-refractivity contribution in [3.05, 3.63) is 68.5 Å². The van der Waals surface area contributed by atoms with E-state index in [1.54, 1.807) is 25.1 Å². The molecule has 1 aliphatic rings. The minimum absolute atomic E-state index is 0.0619. The van der Waals surface area contributed by atoms with E-state index in [9.17, 15) is 18.0 Å². The first-order chi connectivity index (χ1) is 19.0. The van der Waals surface area contributed by atoms with Crippen molar-refractivity contribution >= 4 is 62.2 Å². The molecule has 9 nitrogen and oxygen atoms in total. The molecule has 0 amide bonds. The van der Waals surface area contributed by atoms with Gasteiger partial charge in [0.1, 0.15) is 5.75 Å². The van der Waals surface area contributed by atoms with Crippen LogP contribution in [-0.2, 0) is 25.3 Å². The molecule has 4 rings (SSSR count). The van der Waals surface area contributed by atoms with Crippen molar-refractivity contribution in [3.8, 4) is 16.2 Å². The third kappa shape index (κ3) is 7.27. The van der Waals surface area contributed by atoms with Crippen LogP contribution in [-0.4, -0.2) is 62.6 Å². The number of esters is 1. The molecule has 0 spiro atoms. The molecule has 0 saturated carbocycles. The Hall–Kier alpha value is -2.83. The van der Waals surface area contributed by atoms with Crippen LogP contribution in [0.1, 0.15) is 33.6 Å². The molecule has 1 aliphatic heterocycles. The lowest BCUT2D eigenvalue weighted by Gasteiger charge is -2.32. The highest BCUT2D eigenvalue weighted by molar-refractivity contribution is 7.88. The van der Waals surface area contributed by atoms with E-state index < -0.39 is 28.6 Å². The van der Waals surface area contributed by atoms with Crippen LogP contribution < -0.4 is 10.1 Å². The zero-order chi connectivity index (χ0) is 29.0. The first-order valence-corrected chi connectivity index (χ1v) is 15.5. The number of carbonyl (C=O) groups excluding carboxylic acids is 1. The van der Waals surface area contributed by atoms with Gasteiger partial charge >= 0.3 is 11.9 Å². The van der Waals surface area contributed by atoms with Crippen LogP contribution in [0.5, 0.6) is 5.75 Å². The molecule has 0 aliphatic carbocycles. The van der Waals surface area contributed by atoms with Gasteiger partial charge in [-0.05, 0) is 61.2 Å². The van der Waals surface area contributed by atoms with Gasteiger partial charge in [-0.2, -0.15) is 0 Å². The molecule has 2 heterocycles. The van der Waals surface area contributed by atoms with Gasteiger partial charge in [-0.1, -0.05) is 35.3 Å². The Morgan fingerprint density at radius 2 is 1.80 bits per heavy atom. The number of piperidine rings is 1. The fraction of sp³-hybridized carbons (Fsp3) is 0.333. The Balaban J connectivity index is 1.44. The van der Waals surface area contributed by atoms with Crippen LogP contribution in [0.15, 0.2) is 42.5 Å². The molecule has 0 unspecified atom stereocenters. The van der Waals surface area contributed by atoms with E-state index >= 15 is 0 Å². The van der Waals surface area contributed by atoms with E-state index in [0.29, 0.717) is 47.1 Å². The normalized spacial score (nSPS) is 14.6. The summed E-state index contributed by atoms with van der Waals surface area (Å²) in [4.78, 5) is 24.3. The quantitative estimate of drug-likeness (QED) is 0.275. The molecule has 1 fully saturated rings. The van der Waals surface area contributed by atoms with Crippen LogP contribution in [0.4, 0.5) is 5.69 Å². The largest absolute Gasteiger partial charge is 0.480 e. The lowest BCUT2D eigenvalue weighted by Crippen LogP contribution is -2.42. The standard InChI is InChI=1S/C27H28Cl2N2O7S2/c1-16-24(38-14-23(32)33)26(27(34)37-2)39-25(16)18-4-3-5-22(12-18)30-21-6-8-31(9-7-21)40(35,36)15-17-10-19(28)13-20(29)11-17/h3-5,10-13,21,30H,6-9,14-15H2,1-2H3,(H,32,33). The molecule has 0 atom stereocenters. The number of benzene rings is 2. The number of anilines is 1. The second-order valence-electron chi connectivity index (χ2n) is 9.32. The highest BCUT2D eigenvalue weighted by Crippen LogP contribution is 2.42. The molecule has 40 heavy (non-hydrogen) atoms. The molecule has 0 radical (unpaired) electrons. The third-order valence-corrected chi connectivity index (χ3v) is 10.0. The third-order valence-electron chi connectivity index (χ3n) is 6.42. The average molecular weight is 628 g/mol. The molecule has 2 aromatic carbocycles. The molecule has 1 saturated heterocycles. The van der Waals surface area contributed by atoms with Gasteiger partial charge in [0.25, 0.3) is 0 Å². The summed E-state index contributed by atoms with van der Waals surface area (Å²) in [5.41, 5.74) is 2.85. The van der Waals surface area contributed by atoms with Gasteiger partial charge in [0.2, 0.25) is 10.0 Å². The Kier molecular flexibility index (Phi) is 9.63. The van der Waals surface area contributed by atoms with Gasteiger partial charge in [0.05, 0.1) is 12.9 Å². The average Bonchev–Trinajstić information content (AvgIpc) is 3.22. The number of ether oxygens (including phenoxy) is 2. The van der Waals surface area contributed by atoms with E-state index in [2.05, 4.69) is 5.32 Å². The number of hydrogen-bond acceptors (Lipinski definition) is 8. The lowest BCUT2D eigenvalue weighted by atomic mass is 10.0. The van der Waals surface area contributed by atoms with Gasteiger partial charge in [-0.3, -0.25) is 0 Å². The van der Waals surface area contributed by atoms with Gasteiger partial charge < -0.3 is 19.9 Å².